The molecular weight excluding hydrogens is 510 g/mol. The van der Waals surface area contributed by atoms with Crippen LogP contribution in [0.4, 0.5) is 10.5 Å². The molecule has 0 atom stereocenters. The van der Waals surface area contributed by atoms with Crippen LogP contribution in [0.5, 0.6) is 11.5 Å². The molecule has 38 heavy (non-hydrogen) atoms. The summed E-state index contributed by atoms with van der Waals surface area (Å²) < 4.78 is 11.6. The van der Waals surface area contributed by atoms with Gasteiger partial charge in [-0.3, -0.25) is 29.4 Å². The van der Waals surface area contributed by atoms with E-state index in [1.165, 1.54) is 12.1 Å². The van der Waals surface area contributed by atoms with Crippen LogP contribution in [0, 0.1) is 16.0 Å². The van der Waals surface area contributed by atoms with Gasteiger partial charge in [0, 0.05) is 25.2 Å². The molecule has 2 aliphatic rings. The first-order valence-corrected chi connectivity index (χ1v) is 13.2. The van der Waals surface area contributed by atoms with E-state index in [0.29, 0.717) is 42.7 Å². The van der Waals surface area contributed by atoms with E-state index in [9.17, 15) is 24.5 Å². The summed E-state index contributed by atoms with van der Waals surface area (Å²) in [5.74, 6) is 0.789. The third-order valence-corrected chi connectivity index (χ3v) is 7.32. The van der Waals surface area contributed by atoms with Crippen molar-refractivity contribution in [2.75, 3.05) is 26.2 Å². The van der Waals surface area contributed by atoms with Crippen LogP contribution in [-0.2, 0) is 16.2 Å². The SMILES string of the molecule is CCOc1cc(/C=C2/SC(=O)N(CC(=O)N3CCC(C)CC3)C2=O)ccc1OCc1ccc([N+](=O)[O-])cc1. The van der Waals surface area contributed by atoms with Crippen molar-refractivity contribution >= 4 is 40.6 Å². The first-order chi connectivity index (χ1) is 18.2. The van der Waals surface area contributed by atoms with E-state index in [-0.39, 0.29) is 29.7 Å². The fourth-order valence-electron chi connectivity index (χ4n) is 4.16. The molecule has 0 saturated carbocycles. The summed E-state index contributed by atoms with van der Waals surface area (Å²) in [6.45, 7) is 5.58. The molecule has 11 heteroatoms. The summed E-state index contributed by atoms with van der Waals surface area (Å²) in [7, 11) is 0. The van der Waals surface area contributed by atoms with E-state index in [1.807, 2.05) is 6.92 Å². The maximum absolute atomic E-state index is 12.9. The Labute approximate surface area is 224 Å². The van der Waals surface area contributed by atoms with Crippen molar-refractivity contribution in [1.29, 1.82) is 0 Å². The number of imide groups is 1. The number of non-ortho nitro benzene ring substituents is 1. The highest BCUT2D eigenvalue weighted by molar-refractivity contribution is 8.18. The summed E-state index contributed by atoms with van der Waals surface area (Å²) >= 11 is 0.808. The molecule has 2 saturated heterocycles. The Bertz CT molecular complexity index is 1250. The number of ether oxygens (including phenoxy) is 2. The van der Waals surface area contributed by atoms with Gasteiger partial charge in [-0.2, -0.15) is 0 Å². The zero-order chi connectivity index (χ0) is 27.2. The maximum Gasteiger partial charge on any atom is 0.294 e. The molecule has 2 fully saturated rings. The average molecular weight is 540 g/mol. The maximum atomic E-state index is 12.9. The summed E-state index contributed by atoms with van der Waals surface area (Å²) in [5, 5.41) is 10.4. The number of carbonyl (C=O) groups is 3. The summed E-state index contributed by atoms with van der Waals surface area (Å²) in [4.78, 5) is 51.5. The number of amides is 3. The smallest absolute Gasteiger partial charge is 0.294 e. The molecular formula is C27H29N3O7S. The zero-order valence-electron chi connectivity index (χ0n) is 21.3. The monoisotopic (exact) mass is 539 g/mol. The van der Waals surface area contributed by atoms with Gasteiger partial charge in [0.2, 0.25) is 5.91 Å². The average Bonchev–Trinajstić information content (AvgIpc) is 3.16. The molecule has 0 spiro atoms. The molecule has 0 radical (unpaired) electrons. The second-order valence-corrected chi connectivity index (χ2v) is 10.2. The number of likely N-dealkylation sites (tertiary alicyclic amines) is 1. The van der Waals surface area contributed by atoms with Crippen molar-refractivity contribution in [3.8, 4) is 11.5 Å². The minimum Gasteiger partial charge on any atom is -0.490 e. The number of rotatable bonds is 9. The number of nitro groups is 1. The number of thioether (sulfide) groups is 1. The van der Waals surface area contributed by atoms with Gasteiger partial charge in [0.25, 0.3) is 16.8 Å². The normalized spacial score (nSPS) is 17.3. The van der Waals surface area contributed by atoms with E-state index in [1.54, 1.807) is 41.3 Å². The van der Waals surface area contributed by atoms with Crippen LogP contribution in [-0.4, -0.2) is 58.0 Å². The first-order valence-electron chi connectivity index (χ1n) is 12.4. The fraction of sp³-hybridized carbons (Fsp3) is 0.370. The lowest BCUT2D eigenvalue weighted by atomic mass is 9.99. The number of nitrogens with zero attached hydrogens (tertiary/aromatic N) is 3. The van der Waals surface area contributed by atoms with Crippen LogP contribution >= 0.6 is 11.8 Å². The van der Waals surface area contributed by atoms with Crippen LogP contribution in [0.25, 0.3) is 6.08 Å². The van der Waals surface area contributed by atoms with E-state index < -0.39 is 16.1 Å². The van der Waals surface area contributed by atoms with E-state index in [2.05, 4.69) is 6.92 Å². The van der Waals surface area contributed by atoms with Gasteiger partial charge in [-0.25, -0.2) is 0 Å². The van der Waals surface area contributed by atoms with Gasteiger partial charge in [0.05, 0.1) is 16.4 Å². The van der Waals surface area contributed by atoms with Crippen molar-refractivity contribution in [2.45, 2.75) is 33.3 Å². The Morgan fingerprint density at radius 3 is 2.47 bits per heavy atom. The zero-order valence-corrected chi connectivity index (χ0v) is 22.1. The lowest BCUT2D eigenvalue weighted by Crippen LogP contribution is -2.45. The standard InChI is InChI=1S/C27H29N3O7S/c1-3-36-23-14-20(6-9-22(23)37-17-19-4-7-21(8-5-19)30(34)35)15-24-26(32)29(27(33)38-24)16-25(31)28-12-10-18(2)11-13-28/h4-9,14-15,18H,3,10-13,16-17H2,1-2H3/b24-15+. The van der Waals surface area contributed by atoms with Gasteiger partial charge in [0.15, 0.2) is 11.5 Å². The Morgan fingerprint density at radius 2 is 1.82 bits per heavy atom. The van der Waals surface area contributed by atoms with E-state index in [4.69, 9.17) is 9.47 Å². The van der Waals surface area contributed by atoms with Crippen molar-refractivity contribution in [3.05, 3.63) is 68.6 Å². The first kappa shape index (κ1) is 27.2. The quantitative estimate of drug-likeness (QED) is 0.252. The molecule has 0 aromatic heterocycles. The molecule has 0 N–H and O–H groups in total. The van der Waals surface area contributed by atoms with Crippen molar-refractivity contribution < 1.29 is 28.8 Å². The minimum absolute atomic E-state index is 0.00279. The number of hydrogen-bond donors (Lipinski definition) is 0. The van der Waals surface area contributed by atoms with Gasteiger partial charge in [-0.15, -0.1) is 0 Å². The highest BCUT2D eigenvalue weighted by Gasteiger charge is 2.37. The Hall–Kier alpha value is -3.86. The molecule has 0 bridgehead atoms. The third kappa shape index (κ3) is 6.52. The Kier molecular flexibility index (Phi) is 8.67. The van der Waals surface area contributed by atoms with Crippen LogP contribution in [0.2, 0.25) is 0 Å². The molecule has 2 aliphatic heterocycles. The van der Waals surface area contributed by atoms with Gasteiger partial charge in [-0.05, 0) is 78.9 Å². The van der Waals surface area contributed by atoms with Gasteiger partial charge in [0.1, 0.15) is 13.2 Å². The lowest BCUT2D eigenvalue weighted by Gasteiger charge is -2.31. The van der Waals surface area contributed by atoms with Crippen molar-refractivity contribution in [3.63, 3.8) is 0 Å². The summed E-state index contributed by atoms with van der Waals surface area (Å²) in [6, 6.07) is 11.2. The van der Waals surface area contributed by atoms with E-state index in [0.717, 1.165) is 35.1 Å². The van der Waals surface area contributed by atoms with Crippen molar-refractivity contribution in [1.82, 2.24) is 9.80 Å². The molecule has 4 rings (SSSR count). The number of hydrogen-bond acceptors (Lipinski definition) is 8. The third-order valence-electron chi connectivity index (χ3n) is 6.41. The van der Waals surface area contributed by atoms with Crippen LogP contribution in [0.3, 0.4) is 0 Å². The van der Waals surface area contributed by atoms with Crippen LogP contribution in [0.1, 0.15) is 37.8 Å². The summed E-state index contributed by atoms with van der Waals surface area (Å²) in [5.41, 5.74) is 1.39. The van der Waals surface area contributed by atoms with Gasteiger partial charge in [-0.1, -0.05) is 13.0 Å². The molecule has 200 valence electrons. The second-order valence-electron chi connectivity index (χ2n) is 9.18. The second kappa shape index (κ2) is 12.1. The molecule has 3 amide bonds. The number of nitro benzene ring substituents is 1. The van der Waals surface area contributed by atoms with Crippen molar-refractivity contribution in [2.24, 2.45) is 5.92 Å². The Balaban J connectivity index is 1.43. The fourth-order valence-corrected chi connectivity index (χ4v) is 5.00. The number of piperidine rings is 1. The van der Waals surface area contributed by atoms with Crippen LogP contribution in [0.15, 0.2) is 47.4 Å². The van der Waals surface area contributed by atoms with Gasteiger partial charge >= 0.3 is 0 Å². The minimum atomic E-state index is -0.491. The molecule has 0 unspecified atom stereocenters. The molecule has 2 aromatic rings. The predicted molar refractivity (Wildman–Crippen MR) is 143 cm³/mol. The molecule has 0 aliphatic carbocycles. The topological polar surface area (TPSA) is 119 Å². The number of benzene rings is 2. The lowest BCUT2D eigenvalue weighted by molar-refractivity contribution is -0.384. The summed E-state index contributed by atoms with van der Waals surface area (Å²) in [6.07, 6.45) is 3.44. The van der Waals surface area contributed by atoms with Gasteiger partial charge < -0.3 is 14.4 Å². The molecule has 2 heterocycles. The van der Waals surface area contributed by atoms with Crippen LogP contribution < -0.4 is 9.47 Å². The highest BCUT2D eigenvalue weighted by Crippen LogP contribution is 2.35. The predicted octanol–water partition coefficient (Wildman–Crippen LogP) is 4.87. The van der Waals surface area contributed by atoms with E-state index >= 15 is 0 Å². The number of carbonyl (C=O) groups excluding carboxylic acids is 3. The largest absolute Gasteiger partial charge is 0.490 e. The molecule has 10 nitrogen and oxygen atoms in total. The molecule has 2 aromatic carbocycles. The highest BCUT2D eigenvalue weighted by atomic mass is 32.2. The Morgan fingerprint density at radius 1 is 1.11 bits per heavy atom.